The fourth-order valence-electron chi connectivity index (χ4n) is 1.85. The summed E-state index contributed by atoms with van der Waals surface area (Å²) >= 11 is 0. The lowest BCUT2D eigenvalue weighted by Gasteiger charge is -2.25. The van der Waals surface area contributed by atoms with Crippen LogP contribution in [0.15, 0.2) is 30.3 Å². The summed E-state index contributed by atoms with van der Waals surface area (Å²) in [6.45, 7) is 3.37. The number of benzene rings is 1. The summed E-state index contributed by atoms with van der Waals surface area (Å²) in [7, 11) is 3.69. The van der Waals surface area contributed by atoms with Crippen molar-refractivity contribution >= 4 is 5.91 Å². The number of carbonyl (C=O) groups is 1. The molecule has 4 nitrogen and oxygen atoms in total. The molecular weight excluding hydrogens is 226 g/mol. The van der Waals surface area contributed by atoms with Crippen molar-refractivity contribution in [2.24, 2.45) is 11.7 Å². The largest absolute Gasteiger partial charge is 0.344 e. The zero-order valence-corrected chi connectivity index (χ0v) is 11.4. The number of carbonyl (C=O) groups excluding carboxylic acids is 1. The predicted octanol–water partition coefficient (Wildman–Crippen LogP) is 1.00. The van der Waals surface area contributed by atoms with E-state index in [9.17, 15) is 4.79 Å². The topological polar surface area (TPSA) is 58.4 Å². The molecule has 0 saturated heterocycles. The molecule has 0 saturated carbocycles. The number of hydrogen-bond donors (Lipinski definition) is 2. The number of rotatable bonds is 6. The van der Waals surface area contributed by atoms with Crippen LogP contribution in [0.3, 0.4) is 0 Å². The molecule has 100 valence electrons. The molecule has 1 rings (SSSR count). The van der Waals surface area contributed by atoms with Crippen molar-refractivity contribution < 1.29 is 4.79 Å². The van der Waals surface area contributed by atoms with Crippen LogP contribution in [-0.2, 0) is 4.79 Å². The van der Waals surface area contributed by atoms with E-state index < -0.39 is 0 Å². The first-order valence-electron chi connectivity index (χ1n) is 6.28. The van der Waals surface area contributed by atoms with E-state index in [0.29, 0.717) is 6.54 Å². The zero-order valence-electron chi connectivity index (χ0n) is 11.4. The number of nitrogens with two attached hydrogens (primary N) is 1. The number of hydrogen-bond acceptors (Lipinski definition) is 3. The highest BCUT2D eigenvalue weighted by atomic mass is 16.2. The van der Waals surface area contributed by atoms with Gasteiger partial charge in [-0.05, 0) is 12.6 Å². The first-order chi connectivity index (χ1) is 8.57. The highest BCUT2D eigenvalue weighted by Gasteiger charge is 2.24. The lowest BCUT2D eigenvalue weighted by Crippen LogP contribution is -2.39. The Kier molecular flexibility index (Phi) is 5.82. The van der Waals surface area contributed by atoms with E-state index >= 15 is 0 Å². The molecular formula is C14H23N3O. The van der Waals surface area contributed by atoms with E-state index in [1.165, 1.54) is 0 Å². The Morgan fingerprint density at radius 3 is 2.56 bits per heavy atom. The van der Waals surface area contributed by atoms with Crippen LogP contribution in [-0.4, -0.2) is 38.0 Å². The molecule has 1 aromatic carbocycles. The van der Waals surface area contributed by atoms with Crippen molar-refractivity contribution in [3.05, 3.63) is 35.9 Å². The summed E-state index contributed by atoms with van der Waals surface area (Å²) in [5.74, 6) is -0.129. The number of likely N-dealkylation sites (N-methyl/N-ethyl adjacent to an activating group) is 2. The summed E-state index contributed by atoms with van der Waals surface area (Å²) in [5, 5.41) is 3.03. The highest BCUT2D eigenvalue weighted by molar-refractivity contribution is 5.79. The maximum Gasteiger partial charge on any atom is 0.227 e. The predicted molar refractivity (Wildman–Crippen MR) is 74.1 cm³/mol. The van der Waals surface area contributed by atoms with Crippen LogP contribution >= 0.6 is 0 Å². The average Bonchev–Trinajstić information content (AvgIpc) is 2.43. The van der Waals surface area contributed by atoms with Crippen molar-refractivity contribution in [2.75, 3.05) is 27.2 Å². The normalized spacial score (nSPS) is 14.0. The molecule has 18 heavy (non-hydrogen) atoms. The van der Waals surface area contributed by atoms with E-state index in [1.54, 1.807) is 4.90 Å². The molecule has 0 spiro atoms. The molecule has 0 aliphatic carbocycles. The monoisotopic (exact) mass is 249 g/mol. The lowest BCUT2D eigenvalue weighted by atomic mass is 9.94. The fourth-order valence-corrected chi connectivity index (χ4v) is 1.85. The Balaban J connectivity index is 2.63. The van der Waals surface area contributed by atoms with Crippen LogP contribution in [0, 0.1) is 5.92 Å². The summed E-state index contributed by atoms with van der Waals surface area (Å²) in [6, 6.07) is 9.50. The minimum atomic E-state index is -0.254. The van der Waals surface area contributed by atoms with Gasteiger partial charge < -0.3 is 16.0 Å². The lowest BCUT2D eigenvalue weighted by molar-refractivity contribution is -0.134. The minimum absolute atomic E-state index is 0.0848. The molecule has 0 aliphatic rings. The van der Waals surface area contributed by atoms with Gasteiger partial charge in [0.15, 0.2) is 0 Å². The van der Waals surface area contributed by atoms with Crippen LogP contribution < -0.4 is 11.1 Å². The van der Waals surface area contributed by atoms with Gasteiger partial charge in [-0.1, -0.05) is 37.3 Å². The van der Waals surface area contributed by atoms with Gasteiger partial charge in [-0.15, -0.1) is 0 Å². The molecule has 0 fully saturated rings. The highest BCUT2D eigenvalue weighted by Crippen LogP contribution is 2.20. The van der Waals surface area contributed by atoms with Crippen molar-refractivity contribution in [1.29, 1.82) is 0 Å². The zero-order chi connectivity index (χ0) is 13.5. The summed E-state index contributed by atoms with van der Waals surface area (Å²) < 4.78 is 0. The Labute approximate surface area is 109 Å². The van der Waals surface area contributed by atoms with E-state index in [0.717, 1.165) is 12.1 Å². The molecule has 2 unspecified atom stereocenters. The maximum absolute atomic E-state index is 12.2. The van der Waals surface area contributed by atoms with Crippen LogP contribution in [0.2, 0.25) is 0 Å². The Morgan fingerprint density at radius 2 is 2.00 bits per heavy atom. The van der Waals surface area contributed by atoms with E-state index in [-0.39, 0.29) is 17.9 Å². The van der Waals surface area contributed by atoms with E-state index in [2.05, 4.69) is 5.32 Å². The summed E-state index contributed by atoms with van der Waals surface area (Å²) in [5.41, 5.74) is 7.14. The average molecular weight is 249 g/mol. The molecule has 3 N–H and O–H groups in total. The first kappa shape index (κ1) is 14.7. The van der Waals surface area contributed by atoms with Gasteiger partial charge in [0, 0.05) is 26.2 Å². The van der Waals surface area contributed by atoms with Crippen LogP contribution in [0.1, 0.15) is 18.5 Å². The van der Waals surface area contributed by atoms with Crippen molar-refractivity contribution in [3.63, 3.8) is 0 Å². The van der Waals surface area contributed by atoms with Crippen molar-refractivity contribution in [3.8, 4) is 0 Å². The first-order valence-corrected chi connectivity index (χ1v) is 6.28. The Morgan fingerprint density at radius 1 is 1.39 bits per heavy atom. The SMILES string of the molecule is CNCCN(C)C(=O)C(C)C(N)c1ccccc1. The summed E-state index contributed by atoms with van der Waals surface area (Å²) in [6.07, 6.45) is 0. The quantitative estimate of drug-likeness (QED) is 0.791. The van der Waals surface area contributed by atoms with Gasteiger partial charge in [0.2, 0.25) is 5.91 Å². The second-order valence-corrected chi connectivity index (χ2v) is 4.59. The Bertz CT molecular complexity index is 367. The van der Waals surface area contributed by atoms with E-state index in [4.69, 9.17) is 5.73 Å². The van der Waals surface area contributed by atoms with E-state index in [1.807, 2.05) is 51.4 Å². The molecule has 0 heterocycles. The third-order valence-electron chi connectivity index (χ3n) is 3.19. The standard InChI is InChI=1S/C14H23N3O/c1-11(14(18)17(3)10-9-16-2)13(15)12-7-5-4-6-8-12/h4-8,11,13,16H,9-10,15H2,1-3H3. The smallest absolute Gasteiger partial charge is 0.227 e. The van der Waals surface area contributed by atoms with Gasteiger partial charge in [0.25, 0.3) is 0 Å². The number of amides is 1. The molecule has 0 aromatic heterocycles. The maximum atomic E-state index is 12.2. The van der Waals surface area contributed by atoms with Gasteiger partial charge in [0.1, 0.15) is 0 Å². The fraction of sp³-hybridized carbons (Fsp3) is 0.500. The second kappa shape index (κ2) is 7.13. The molecule has 0 radical (unpaired) electrons. The third-order valence-corrected chi connectivity index (χ3v) is 3.19. The third kappa shape index (κ3) is 3.82. The molecule has 1 aromatic rings. The second-order valence-electron chi connectivity index (χ2n) is 4.59. The van der Waals surface area contributed by atoms with Crippen LogP contribution in [0.4, 0.5) is 0 Å². The summed E-state index contributed by atoms with van der Waals surface area (Å²) in [4.78, 5) is 13.9. The minimum Gasteiger partial charge on any atom is -0.344 e. The van der Waals surface area contributed by atoms with Gasteiger partial charge in [-0.2, -0.15) is 0 Å². The molecule has 2 atom stereocenters. The van der Waals surface area contributed by atoms with Gasteiger partial charge in [-0.25, -0.2) is 0 Å². The van der Waals surface area contributed by atoms with Crippen LogP contribution in [0.5, 0.6) is 0 Å². The molecule has 1 amide bonds. The number of nitrogens with one attached hydrogen (secondary N) is 1. The molecule has 0 bridgehead atoms. The number of nitrogens with zero attached hydrogens (tertiary/aromatic N) is 1. The van der Waals surface area contributed by atoms with Crippen molar-refractivity contribution in [2.45, 2.75) is 13.0 Å². The molecule has 4 heteroatoms. The molecule has 0 aliphatic heterocycles. The van der Waals surface area contributed by atoms with Gasteiger partial charge >= 0.3 is 0 Å². The van der Waals surface area contributed by atoms with Gasteiger partial charge in [-0.3, -0.25) is 4.79 Å². The Hall–Kier alpha value is -1.39. The van der Waals surface area contributed by atoms with Crippen molar-refractivity contribution in [1.82, 2.24) is 10.2 Å². The van der Waals surface area contributed by atoms with Gasteiger partial charge in [0.05, 0.1) is 5.92 Å². The van der Waals surface area contributed by atoms with Crippen LogP contribution in [0.25, 0.3) is 0 Å².